The maximum absolute atomic E-state index is 7.56. The van der Waals surface area contributed by atoms with Crippen LogP contribution in [0.1, 0.15) is 46.0 Å². The Hall–Kier alpha value is 2.12. The van der Waals surface area contributed by atoms with Gasteiger partial charge in [0.2, 0.25) is 0 Å². The van der Waals surface area contributed by atoms with Crippen LogP contribution in [0.25, 0.3) is 0 Å². The molecule has 0 aromatic heterocycles. The van der Waals surface area contributed by atoms with Crippen molar-refractivity contribution >= 4 is 74.1 Å². The summed E-state index contributed by atoms with van der Waals surface area (Å²) < 4.78 is 0. The van der Waals surface area contributed by atoms with E-state index < -0.39 is 26.9 Å². The lowest BCUT2D eigenvalue weighted by Gasteiger charge is -1.90. The minimum absolute atomic E-state index is 1.36. The van der Waals surface area contributed by atoms with Crippen molar-refractivity contribution in [2.24, 2.45) is 0 Å². The summed E-state index contributed by atoms with van der Waals surface area (Å²) in [5.74, 6) is 0. The Morgan fingerprint density at radius 1 is 0.407 bits per heavy atom. The largest absolute Gasteiger partial charge is 0.325 e. The molecule has 0 aliphatic rings. The lowest BCUT2D eigenvalue weighted by atomic mass is 10.2. The molecular formula is C7H28O12P4S4. The summed E-state index contributed by atoms with van der Waals surface area (Å²) in [6, 6.07) is 0. The maximum atomic E-state index is 7.56. The van der Waals surface area contributed by atoms with E-state index in [9.17, 15) is 0 Å². The highest BCUT2D eigenvalue weighted by molar-refractivity contribution is 8.07. The molecule has 0 aliphatic carbocycles. The van der Waals surface area contributed by atoms with Crippen LogP contribution in [0.3, 0.4) is 0 Å². The van der Waals surface area contributed by atoms with E-state index in [1.807, 2.05) is 0 Å². The molecule has 0 heterocycles. The topological polar surface area (TPSA) is 243 Å². The molecule has 0 aromatic rings. The molecule has 0 rings (SSSR count). The summed E-state index contributed by atoms with van der Waals surface area (Å²) in [5, 5.41) is 0. The van der Waals surface area contributed by atoms with Gasteiger partial charge in [-0.25, -0.2) is 0 Å². The fourth-order valence-corrected chi connectivity index (χ4v) is 0.677. The Balaban J connectivity index is -0.0000000753. The lowest BCUT2D eigenvalue weighted by Crippen LogP contribution is -1.70. The zero-order valence-electron chi connectivity index (χ0n) is 14.3. The Bertz CT molecular complexity index is 379. The summed E-state index contributed by atoms with van der Waals surface area (Å²) in [6.45, 7) is -10.7. The normalized spacial score (nSPS) is 11.2. The first kappa shape index (κ1) is 39.6. The molecule has 0 radical (unpaired) electrons. The molecule has 0 amide bonds. The van der Waals surface area contributed by atoms with Gasteiger partial charge < -0.3 is 58.7 Å². The fraction of sp³-hybridized carbons (Fsp3) is 1.00. The van der Waals surface area contributed by atoms with Gasteiger partial charge in [0.05, 0.1) is 0 Å². The molecule has 0 bridgehead atoms. The number of rotatable bonds is 4. The van der Waals surface area contributed by atoms with Crippen molar-refractivity contribution in [1.82, 2.24) is 0 Å². The van der Waals surface area contributed by atoms with Crippen LogP contribution in [0, 0.1) is 0 Å². The molecule has 0 saturated carbocycles. The van der Waals surface area contributed by atoms with Gasteiger partial charge in [-0.05, 0) is 47.2 Å². The van der Waals surface area contributed by atoms with Crippen LogP contribution in [-0.4, -0.2) is 58.7 Å². The Kier molecular flexibility index (Phi) is 31.3. The number of hydrogen-bond acceptors (Lipinski definition) is 4. The molecular weight excluding hydrogens is 528 g/mol. The zero-order valence-corrected chi connectivity index (χ0v) is 21.2. The van der Waals surface area contributed by atoms with Crippen LogP contribution < -0.4 is 0 Å². The van der Waals surface area contributed by atoms with E-state index in [2.05, 4.69) is 61.1 Å². The van der Waals surface area contributed by atoms with Crippen LogP contribution in [0.2, 0.25) is 0 Å². The minimum Gasteiger partial charge on any atom is -0.325 e. The quantitative estimate of drug-likeness (QED) is 0.157. The summed E-state index contributed by atoms with van der Waals surface area (Å²) in [6.07, 6.45) is 7.01. The van der Waals surface area contributed by atoms with E-state index in [1.165, 1.54) is 32.1 Å². The van der Waals surface area contributed by atoms with E-state index >= 15 is 0 Å². The van der Waals surface area contributed by atoms with E-state index in [4.69, 9.17) is 58.7 Å². The molecule has 12 N–H and O–H groups in total. The van der Waals surface area contributed by atoms with Crippen molar-refractivity contribution in [2.45, 2.75) is 46.0 Å². The molecule has 0 aliphatic heterocycles. The fourth-order valence-electron chi connectivity index (χ4n) is 0.677. The third-order valence-corrected chi connectivity index (χ3v) is 1.21. The van der Waals surface area contributed by atoms with Crippen LogP contribution in [0.5, 0.6) is 0 Å². The highest BCUT2D eigenvalue weighted by Gasteiger charge is 1.93. The van der Waals surface area contributed by atoms with E-state index in [-0.39, 0.29) is 0 Å². The highest BCUT2D eigenvalue weighted by atomic mass is 32.5. The van der Waals surface area contributed by atoms with Gasteiger partial charge in [-0.15, -0.1) is 0 Å². The first-order valence-electron chi connectivity index (χ1n) is 6.54. The molecule has 0 unspecified atom stereocenters. The van der Waals surface area contributed by atoms with Crippen molar-refractivity contribution in [3.05, 3.63) is 0 Å². The predicted octanol–water partition coefficient (Wildman–Crippen LogP) is -0.272. The molecule has 20 heteroatoms. The summed E-state index contributed by atoms with van der Waals surface area (Å²) in [4.78, 5) is 90.7. The van der Waals surface area contributed by atoms with Gasteiger partial charge in [-0.3, -0.25) is 0 Å². The SMILES string of the molecule is CCCCCCC.OP(O)(O)=S.OP(O)(O)=S.OP(O)(O)=S.OP(O)(O)=S. The van der Waals surface area contributed by atoms with Crippen molar-refractivity contribution in [1.29, 1.82) is 0 Å². The Labute approximate surface area is 178 Å². The average Bonchev–Trinajstić information content (AvgIpc) is 2.20. The van der Waals surface area contributed by atoms with Gasteiger partial charge in [-0.1, -0.05) is 46.0 Å². The molecule has 0 aromatic carbocycles. The summed E-state index contributed by atoms with van der Waals surface area (Å²) in [7, 11) is 0. The van der Waals surface area contributed by atoms with E-state index in [1.54, 1.807) is 0 Å². The van der Waals surface area contributed by atoms with Crippen LogP contribution in [0.4, 0.5) is 0 Å². The van der Waals surface area contributed by atoms with Gasteiger partial charge >= 0.3 is 26.9 Å². The predicted molar refractivity (Wildman–Crippen MR) is 118 cm³/mol. The second kappa shape index (κ2) is 21.4. The molecule has 0 saturated heterocycles. The molecule has 0 atom stereocenters. The highest BCUT2D eigenvalue weighted by Crippen LogP contribution is 2.27. The van der Waals surface area contributed by atoms with Crippen molar-refractivity contribution in [2.75, 3.05) is 0 Å². The zero-order chi connectivity index (χ0) is 23.5. The smallest absolute Gasteiger partial charge is 0.319 e. The van der Waals surface area contributed by atoms with Crippen molar-refractivity contribution < 1.29 is 58.7 Å². The second-order valence-electron chi connectivity index (χ2n) is 4.11. The van der Waals surface area contributed by atoms with Gasteiger partial charge in [0.1, 0.15) is 0 Å². The summed E-state index contributed by atoms with van der Waals surface area (Å²) >= 11 is 14.4. The standard InChI is InChI=1S/C7H16.4H3O3PS/c1-3-5-7-6-4-2;4*1-4(2,3)5/h3-7H2,1-2H3;4*(H3,1,2,3,5). The molecule has 27 heavy (non-hydrogen) atoms. The monoisotopic (exact) mass is 556 g/mol. The number of hydrogen-bond donors (Lipinski definition) is 12. The van der Waals surface area contributed by atoms with Crippen molar-refractivity contribution in [3.63, 3.8) is 0 Å². The van der Waals surface area contributed by atoms with Gasteiger partial charge in [-0.2, -0.15) is 0 Å². The first-order chi connectivity index (χ1) is 11.4. The van der Waals surface area contributed by atoms with Crippen LogP contribution in [0.15, 0.2) is 0 Å². The molecule has 0 fully saturated rings. The number of unbranched alkanes of at least 4 members (excludes halogenated alkanes) is 4. The van der Waals surface area contributed by atoms with Crippen molar-refractivity contribution in [3.8, 4) is 0 Å². The molecule has 12 nitrogen and oxygen atoms in total. The summed E-state index contributed by atoms with van der Waals surface area (Å²) in [5.41, 5.74) is 0. The van der Waals surface area contributed by atoms with Crippen LogP contribution in [-0.2, 0) is 47.2 Å². The minimum atomic E-state index is -3.81. The van der Waals surface area contributed by atoms with Gasteiger partial charge in [0.15, 0.2) is 0 Å². The Morgan fingerprint density at radius 3 is 0.593 bits per heavy atom. The van der Waals surface area contributed by atoms with E-state index in [0.29, 0.717) is 0 Å². The molecule has 0 spiro atoms. The molecule has 172 valence electrons. The third kappa shape index (κ3) is 512. The third-order valence-electron chi connectivity index (χ3n) is 1.21. The van der Waals surface area contributed by atoms with Gasteiger partial charge in [0, 0.05) is 0 Å². The van der Waals surface area contributed by atoms with Gasteiger partial charge in [0.25, 0.3) is 0 Å². The first-order valence-corrected chi connectivity index (χ1v) is 17.2. The maximum Gasteiger partial charge on any atom is 0.319 e. The van der Waals surface area contributed by atoms with Crippen LogP contribution >= 0.6 is 26.9 Å². The second-order valence-corrected chi connectivity index (χ2v) is 14.1. The average molecular weight is 556 g/mol. The Morgan fingerprint density at radius 2 is 0.519 bits per heavy atom. The lowest BCUT2D eigenvalue weighted by molar-refractivity contribution is 0.361. The van der Waals surface area contributed by atoms with E-state index in [0.717, 1.165) is 0 Å².